The zero-order valence-electron chi connectivity index (χ0n) is 13.5. The van der Waals surface area contributed by atoms with Crippen LogP contribution in [0.2, 0.25) is 0 Å². The van der Waals surface area contributed by atoms with E-state index in [9.17, 15) is 0 Å². The molecule has 2 nitrogen and oxygen atoms in total. The van der Waals surface area contributed by atoms with E-state index in [0.717, 1.165) is 12.0 Å². The van der Waals surface area contributed by atoms with E-state index in [1.165, 1.54) is 16.7 Å². The van der Waals surface area contributed by atoms with Gasteiger partial charge >= 0.3 is 0 Å². The smallest absolute Gasteiger partial charge is 0.0700 e. The second-order valence-electron chi connectivity index (χ2n) is 5.29. The molecule has 2 rings (SSSR count). The first kappa shape index (κ1) is 17.5. The Labute approximate surface area is 133 Å². The molecule has 0 saturated carbocycles. The molecule has 0 saturated heterocycles. The molecule has 2 heteroatoms. The Kier molecular flexibility index (Phi) is 7.44. The third-order valence-electron chi connectivity index (χ3n) is 3.62. The zero-order valence-corrected chi connectivity index (χ0v) is 13.5. The molecule has 2 aromatic rings. The number of rotatable bonds is 3. The Hall–Kier alpha value is -2.58. The third-order valence-corrected chi connectivity index (χ3v) is 3.62. The molecule has 1 atom stereocenters. The molecule has 0 aliphatic heterocycles. The average molecular weight is 290 g/mol. The minimum atomic E-state index is 0.0104. The molecular formula is C20H22N2. The molecular weight excluding hydrogens is 268 g/mol. The van der Waals surface area contributed by atoms with Gasteiger partial charge in [-0.3, -0.25) is 0 Å². The fourth-order valence-corrected chi connectivity index (χ4v) is 2.22. The summed E-state index contributed by atoms with van der Waals surface area (Å²) in [5, 5.41) is 17.0. The van der Waals surface area contributed by atoms with Crippen molar-refractivity contribution in [2.75, 3.05) is 0 Å². The van der Waals surface area contributed by atoms with Crippen LogP contribution in [0.5, 0.6) is 0 Å². The van der Waals surface area contributed by atoms with E-state index < -0.39 is 0 Å². The fourth-order valence-electron chi connectivity index (χ4n) is 2.22. The maximum atomic E-state index is 8.66. The van der Waals surface area contributed by atoms with Gasteiger partial charge in [-0.15, -0.1) is 0 Å². The summed E-state index contributed by atoms with van der Waals surface area (Å²) in [6.45, 7) is 6.03. The van der Waals surface area contributed by atoms with E-state index in [1.807, 2.05) is 50.2 Å². The highest BCUT2D eigenvalue weighted by molar-refractivity contribution is 5.31. The molecule has 0 bridgehead atoms. The first-order valence-corrected chi connectivity index (χ1v) is 7.46. The van der Waals surface area contributed by atoms with Gasteiger partial charge in [0.25, 0.3) is 0 Å². The lowest BCUT2D eigenvalue weighted by atomic mass is 9.98. The van der Waals surface area contributed by atoms with E-state index >= 15 is 0 Å². The highest BCUT2D eigenvalue weighted by Crippen LogP contribution is 2.17. The van der Waals surface area contributed by atoms with Gasteiger partial charge < -0.3 is 0 Å². The average Bonchev–Trinajstić information content (AvgIpc) is 2.54. The summed E-state index contributed by atoms with van der Waals surface area (Å²) >= 11 is 0. The van der Waals surface area contributed by atoms with Gasteiger partial charge in [0.05, 0.1) is 18.1 Å². The molecule has 0 aliphatic carbocycles. The molecule has 0 amide bonds. The first-order valence-electron chi connectivity index (χ1n) is 7.46. The van der Waals surface area contributed by atoms with Crippen LogP contribution in [-0.4, -0.2) is 0 Å². The molecule has 0 heterocycles. The second kappa shape index (κ2) is 9.37. The van der Waals surface area contributed by atoms with Crippen LogP contribution in [-0.2, 0) is 6.42 Å². The lowest BCUT2D eigenvalue weighted by Crippen LogP contribution is -1.91. The molecule has 112 valence electrons. The molecule has 0 radical (unpaired) electrons. The van der Waals surface area contributed by atoms with Crippen LogP contribution in [0, 0.1) is 36.5 Å². The normalized spacial score (nSPS) is 10.6. The summed E-state index contributed by atoms with van der Waals surface area (Å²) in [7, 11) is 0. The van der Waals surface area contributed by atoms with E-state index in [-0.39, 0.29) is 5.92 Å². The predicted octanol–water partition coefficient (Wildman–Crippen LogP) is 5.07. The number of benzene rings is 2. The Morgan fingerprint density at radius 1 is 0.909 bits per heavy atom. The van der Waals surface area contributed by atoms with Crippen molar-refractivity contribution in [2.24, 2.45) is 0 Å². The van der Waals surface area contributed by atoms with Gasteiger partial charge in [-0.2, -0.15) is 10.5 Å². The molecule has 0 spiro atoms. The molecule has 22 heavy (non-hydrogen) atoms. The summed E-state index contributed by atoms with van der Waals surface area (Å²) in [5.41, 5.74) is 4.90. The summed E-state index contributed by atoms with van der Waals surface area (Å²) in [4.78, 5) is 0. The molecule has 1 unspecified atom stereocenters. The number of hydrogen-bond donors (Lipinski definition) is 0. The van der Waals surface area contributed by atoms with Gasteiger partial charge in [0.15, 0.2) is 0 Å². The van der Waals surface area contributed by atoms with E-state index in [0.29, 0.717) is 6.42 Å². The van der Waals surface area contributed by atoms with Crippen molar-refractivity contribution >= 4 is 0 Å². The molecule has 0 N–H and O–H groups in total. The van der Waals surface area contributed by atoms with Crippen molar-refractivity contribution in [3.8, 4) is 12.1 Å². The van der Waals surface area contributed by atoms with Gasteiger partial charge in [-0.1, -0.05) is 48.5 Å². The van der Waals surface area contributed by atoms with Gasteiger partial charge in [0.1, 0.15) is 0 Å². The standard InChI is InChI=1S/2C10H11N/c1-8-5-3-4-6-10(8)9(2)7-11;1-9-5-2-3-6-10(9)7-4-8-11/h3-6,9H,1-2H3;2-3,5-6H,4,7H2,1H3. The van der Waals surface area contributed by atoms with Crippen molar-refractivity contribution in [3.05, 3.63) is 70.8 Å². The van der Waals surface area contributed by atoms with Crippen LogP contribution in [0.1, 0.15) is 41.5 Å². The first-order chi connectivity index (χ1) is 10.6. The molecule has 0 aliphatic rings. The number of aryl methyl sites for hydroxylation is 3. The van der Waals surface area contributed by atoms with Crippen LogP contribution in [0.4, 0.5) is 0 Å². The summed E-state index contributed by atoms with van der Waals surface area (Å²) in [5.74, 6) is 0.0104. The maximum Gasteiger partial charge on any atom is 0.0700 e. The Bertz CT molecular complexity index is 675. The van der Waals surface area contributed by atoms with Crippen molar-refractivity contribution in [1.29, 1.82) is 10.5 Å². The predicted molar refractivity (Wildman–Crippen MR) is 90.3 cm³/mol. The number of nitriles is 2. The lowest BCUT2D eigenvalue weighted by Gasteiger charge is -2.05. The van der Waals surface area contributed by atoms with Gasteiger partial charge in [-0.05, 0) is 49.4 Å². The van der Waals surface area contributed by atoms with Gasteiger partial charge in [-0.25, -0.2) is 0 Å². The van der Waals surface area contributed by atoms with Crippen LogP contribution in [0.3, 0.4) is 0 Å². The summed E-state index contributed by atoms with van der Waals surface area (Å²) < 4.78 is 0. The minimum Gasteiger partial charge on any atom is -0.198 e. The Morgan fingerprint density at radius 2 is 1.50 bits per heavy atom. The van der Waals surface area contributed by atoms with Crippen molar-refractivity contribution in [2.45, 2.75) is 39.5 Å². The van der Waals surface area contributed by atoms with Crippen LogP contribution >= 0.6 is 0 Å². The van der Waals surface area contributed by atoms with Crippen LogP contribution in [0.25, 0.3) is 0 Å². The van der Waals surface area contributed by atoms with Gasteiger partial charge in [0, 0.05) is 6.42 Å². The van der Waals surface area contributed by atoms with Crippen LogP contribution in [0.15, 0.2) is 48.5 Å². The molecule has 0 fully saturated rings. The van der Waals surface area contributed by atoms with E-state index in [4.69, 9.17) is 10.5 Å². The monoisotopic (exact) mass is 290 g/mol. The van der Waals surface area contributed by atoms with Gasteiger partial charge in [0.2, 0.25) is 0 Å². The highest BCUT2D eigenvalue weighted by atomic mass is 14.3. The molecule has 2 aromatic carbocycles. The van der Waals surface area contributed by atoms with E-state index in [2.05, 4.69) is 31.2 Å². The topological polar surface area (TPSA) is 47.6 Å². The summed E-state index contributed by atoms with van der Waals surface area (Å²) in [6.07, 6.45) is 1.49. The van der Waals surface area contributed by atoms with E-state index in [1.54, 1.807) is 0 Å². The minimum absolute atomic E-state index is 0.0104. The largest absolute Gasteiger partial charge is 0.198 e. The quantitative estimate of drug-likeness (QED) is 0.792. The van der Waals surface area contributed by atoms with Crippen molar-refractivity contribution in [1.82, 2.24) is 0 Å². The second-order valence-corrected chi connectivity index (χ2v) is 5.29. The Balaban J connectivity index is 0.000000220. The SMILES string of the molecule is Cc1ccccc1C(C)C#N.Cc1ccccc1CCC#N. The highest BCUT2D eigenvalue weighted by Gasteiger charge is 2.04. The van der Waals surface area contributed by atoms with Crippen molar-refractivity contribution < 1.29 is 0 Å². The molecule has 0 aromatic heterocycles. The Morgan fingerprint density at radius 3 is 2.05 bits per heavy atom. The fraction of sp³-hybridized carbons (Fsp3) is 0.300. The lowest BCUT2D eigenvalue weighted by molar-refractivity contribution is 0.966. The zero-order chi connectivity index (χ0) is 16.4. The maximum absolute atomic E-state index is 8.66. The number of hydrogen-bond acceptors (Lipinski definition) is 2. The summed E-state index contributed by atoms with van der Waals surface area (Å²) in [6, 6.07) is 20.5. The number of nitrogens with zero attached hydrogens (tertiary/aromatic N) is 2. The van der Waals surface area contributed by atoms with Crippen LogP contribution < -0.4 is 0 Å². The van der Waals surface area contributed by atoms with Crippen molar-refractivity contribution in [3.63, 3.8) is 0 Å². The third kappa shape index (κ3) is 5.43.